The number of pyridine rings is 1. The Morgan fingerprint density at radius 2 is 1.88 bits per heavy atom. The summed E-state index contributed by atoms with van der Waals surface area (Å²) in [6, 6.07) is 7.86. The third kappa shape index (κ3) is 1.79. The van der Waals surface area contributed by atoms with Gasteiger partial charge in [0.05, 0.1) is 11.2 Å². The van der Waals surface area contributed by atoms with E-state index in [1.54, 1.807) is 18.2 Å². The molecule has 84 valence electrons. The second-order valence-electron chi connectivity index (χ2n) is 3.22. The molecule has 1 aromatic carbocycles. The van der Waals surface area contributed by atoms with Crippen LogP contribution in [0.25, 0.3) is 10.9 Å². The highest BCUT2D eigenvalue weighted by Crippen LogP contribution is 2.34. The molecule has 0 spiro atoms. The van der Waals surface area contributed by atoms with Crippen molar-refractivity contribution >= 4 is 16.6 Å². The summed E-state index contributed by atoms with van der Waals surface area (Å²) < 4.78 is 37.8. The highest BCUT2D eigenvalue weighted by atomic mass is 19.4. The van der Waals surface area contributed by atoms with Crippen molar-refractivity contribution in [1.29, 1.82) is 0 Å². The van der Waals surface area contributed by atoms with Crippen LogP contribution in [0.2, 0.25) is 0 Å². The molecule has 16 heavy (non-hydrogen) atoms. The number of hydrazine groups is 1. The number of alkyl halides is 3. The molecule has 0 aliphatic rings. The molecule has 6 heteroatoms. The largest absolute Gasteiger partial charge is 0.435 e. The van der Waals surface area contributed by atoms with Gasteiger partial charge < -0.3 is 5.43 Å². The van der Waals surface area contributed by atoms with Gasteiger partial charge in [0.1, 0.15) is 0 Å². The van der Waals surface area contributed by atoms with Crippen LogP contribution >= 0.6 is 0 Å². The molecule has 1 aromatic heterocycles. The van der Waals surface area contributed by atoms with Gasteiger partial charge >= 0.3 is 6.18 Å². The molecule has 0 saturated heterocycles. The molecule has 0 aliphatic heterocycles. The van der Waals surface area contributed by atoms with E-state index in [4.69, 9.17) is 5.84 Å². The van der Waals surface area contributed by atoms with E-state index >= 15 is 0 Å². The Balaban J connectivity index is 2.73. The number of nitrogen functional groups attached to an aromatic ring is 1. The lowest BCUT2D eigenvalue weighted by Gasteiger charge is -2.12. The average Bonchev–Trinajstić information content (AvgIpc) is 2.26. The molecule has 2 aromatic rings. The number of halogens is 3. The molecule has 0 aliphatic carbocycles. The Labute approximate surface area is 89.1 Å². The zero-order valence-corrected chi connectivity index (χ0v) is 8.05. The summed E-state index contributed by atoms with van der Waals surface area (Å²) in [6.45, 7) is 0. The number of rotatable bonds is 1. The third-order valence-corrected chi connectivity index (χ3v) is 2.15. The van der Waals surface area contributed by atoms with Gasteiger partial charge in [0.25, 0.3) is 0 Å². The number of hydrogen-bond acceptors (Lipinski definition) is 3. The Morgan fingerprint density at radius 1 is 1.19 bits per heavy atom. The fourth-order valence-electron chi connectivity index (χ4n) is 1.44. The quantitative estimate of drug-likeness (QED) is 0.581. The smallest absolute Gasteiger partial charge is 0.322 e. The van der Waals surface area contributed by atoms with Crippen LogP contribution in [0, 0.1) is 0 Å². The molecule has 3 N–H and O–H groups in total. The Hall–Kier alpha value is -1.82. The van der Waals surface area contributed by atoms with E-state index in [0.717, 1.165) is 0 Å². The second-order valence-corrected chi connectivity index (χ2v) is 3.22. The number of benzene rings is 1. The average molecular weight is 227 g/mol. The van der Waals surface area contributed by atoms with Crippen LogP contribution in [0.4, 0.5) is 18.9 Å². The van der Waals surface area contributed by atoms with Gasteiger partial charge in [-0.1, -0.05) is 18.2 Å². The highest BCUT2D eigenvalue weighted by Gasteiger charge is 2.35. The zero-order valence-electron chi connectivity index (χ0n) is 8.05. The standard InChI is InChI=1S/C10H8F3N3/c11-10(12,13)9-8(16-14)5-6-3-1-2-4-7(6)15-9/h1-5,16H,14H2. The first-order valence-corrected chi connectivity index (χ1v) is 4.46. The number of para-hydroxylation sites is 1. The van der Waals surface area contributed by atoms with Crippen molar-refractivity contribution < 1.29 is 13.2 Å². The Kier molecular flexibility index (Phi) is 2.43. The van der Waals surface area contributed by atoms with Crippen molar-refractivity contribution in [1.82, 2.24) is 4.98 Å². The molecule has 2 rings (SSSR count). The van der Waals surface area contributed by atoms with E-state index in [0.29, 0.717) is 5.39 Å². The summed E-state index contributed by atoms with van der Waals surface area (Å²) in [5.41, 5.74) is 1.06. The van der Waals surface area contributed by atoms with Gasteiger partial charge in [0.15, 0.2) is 5.69 Å². The predicted molar refractivity (Wildman–Crippen MR) is 54.6 cm³/mol. The number of anilines is 1. The summed E-state index contributed by atoms with van der Waals surface area (Å²) in [5.74, 6) is 5.05. The minimum absolute atomic E-state index is 0.230. The van der Waals surface area contributed by atoms with Crippen LogP contribution < -0.4 is 11.3 Å². The maximum atomic E-state index is 12.6. The van der Waals surface area contributed by atoms with Crippen LogP contribution in [0.5, 0.6) is 0 Å². The van der Waals surface area contributed by atoms with Crippen LogP contribution in [0.3, 0.4) is 0 Å². The van der Waals surface area contributed by atoms with E-state index in [1.807, 2.05) is 5.43 Å². The summed E-state index contributed by atoms with van der Waals surface area (Å²) >= 11 is 0. The number of nitrogens with two attached hydrogens (primary N) is 1. The minimum Gasteiger partial charge on any atom is -0.322 e. The van der Waals surface area contributed by atoms with Crippen LogP contribution in [-0.2, 0) is 6.18 Å². The first kappa shape index (κ1) is 10.7. The summed E-state index contributed by atoms with van der Waals surface area (Å²) in [6.07, 6.45) is -4.52. The van der Waals surface area contributed by atoms with E-state index in [9.17, 15) is 13.2 Å². The Bertz CT molecular complexity index is 522. The molecule has 0 saturated carbocycles. The first-order valence-electron chi connectivity index (χ1n) is 4.46. The van der Waals surface area contributed by atoms with Gasteiger partial charge in [0.2, 0.25) is 0 Å². The molecule has 0 amide bonds. The molecular formula is C10H8F3N3. The molecule has 0 unspecified atom stereocenters. The minimum atomic E-state index is -4.52. The number of hydrogen-bond donors (Lipinski definition) is 2. The second kappa shape index (κ2) is 3.64. The van der Waals surface area contributed by atoms with Crippen LogP contribution in [0.1, 0.15) is 5.69 Å². The maximum absolute atomic E-state index is 12.6. The van der Waals surface area contributed by atoms with Gasteiger partial charge in [0, 0.05) is 5.39 Å². The monoisotopic (exact) mass is 227 g/mol. The number of aromatic nitrogens is 1. The van der Waals surface area contributed by atoms with Crippen molar-refractivity contribution in [2.75, 3.05) is 5.43 Å². The van der Waals surface area contributed by atoms with Crippen molar-refractivity contribution in [2.24, 2.45) is 5.84 Å². The molecule has 0 radical (unpaired) electrons. The zero-order chi connectivity index (χ0) is 11.8. The van der Waals surface area contributed by atoms with E-state index < -0.39 is 11.9 Å². The van der Waals surface area contributed by atoms with E-state index in [-0.39, 0.29) is 11.2 Å². The fraction of sp³-hybridized carbons (Fsp3) is 0.100. The normalized spacial score (nSPS) is 11.8. The third-order valence-electron chi connectivity index (χ3n) is 2.15. The van der Waals surface area contributed by atoms with Gasteiger partial charge in [-0.25, -0.2) is 4.98 Å². The number of nitrogens with one attached hydrogen (secondary N) is 1. The molecule has 0 bridgehead atoms. The molecule has 1 heterocycles. The fourth-order valence-corrected chi connectivity index (χ4v) is 1.44. The van der Waals surface area contributed by atoms with Gasteiger partial charge in [-0.05, 0) is 12.1 Å². The molecule has 0 fully saturated rings. The lowest BCUT2D eigenvalue weighted by molar-refractivity contribution is -0.140. The van der Waals surface area contributed by atoms with Crippen LogP contribution in [0.15, 0.2) is 30.3 Å². The lowest BCUT2D eigenvalue weighted by atomic mass is 10.1. The summed E-state index contributed by atoms with van der Waals surface area (Å²) in [5, 5.41) is 0.600. The maximum Gasteiger partial charge on any atom is 0.435 e. The van der Waals surface area contributed by atoms with Crippen molar-refractivity contribution in [3.63, 3.8) is 0 Å². The van der Waals surface area contributed by atoms with E-state index in [2.05, 4.69) is 4.98 Å². The van der Waals surface area contributed by atoms with Crippen molar-refractivity contribution in [3.8, 4) is 0 Å². The molecule has 0 atom stereocenters. The molecular weight excluding hydrogens is 219 g/mol. The summed E-state index contributed by atoms with van der Waals surface area (Å²) in [4.78, 5) is 3.55. The van der Waals surface area contributed by atoms with Crippen molar-refractivity contribution in [2.45, 2.75) is 6.18 Å². The molecule has 3 nitrogen and oxygen atoms in total. The van der Waals surface area contributed by atoms with Crippen LogP contribution in [-0.4, -0.2) is 4.98 Å². The van der Waals surface area contributed by atoms with Gasteiger partial charge in [-0.3, -0.25) is 5.84 Å². The van der Waals surface area contributed by atoms with Crippen molar-refractivity contribution in [3.05, 3.63) is 36.0 Å². The SMILES string of the molecule is NNc1cc2ccccc2nc1C(F)(F)F. The predicted octanol–water partition coefficient (Wildman–Crippen LogP) is 2.54. The summed E-state index contributed by atoms with van der Waals surface area (Å²) in [7, 11) is 0. The topological polar surface area (TPSA) is 50.9 Å². The number of nitrogens with zero attached hydrogens (tertiary/aromatic N) is 1. The van der Waals surface area contributed by atoms with E-state index in [1.165, 1.54) is 12.1 Å². The lowest BCUT2D eigenvalue weighted by Crippen LogP contribution is -2.16. The highest BCUT2D eigenvalue weighted by molar-refractivity contribution is 5.82. The van der Waals surface area contributed by atoms with Gasteiger partial charge in [-0.2, -0.15) is 13.2 Å². The Morgan fingerprint density at radius 3 is 2.50 bits per heavy atom. The first-order chi connectivity index (χ1) is 7.52. The van der Waals surface area contributed by atoms with Gasteiger partial charge in [-0.15, -0.1) is 0 Å². The number of fused-ring (bicyclic) bond motifs is 1.